The number of ether oxygens (including phenoxy) is 3. The molecule has 0 saturated heterocycles. The number of nitrogens with one attached hydrogen (secondary N) is 1. The Labute approximate surface area is 142 Å². The van der Waals surface area contributed by atoms with Crippen molar-refractivity contribution in [2.75, 3.05) is 26.1 Å². The maximum atomic E-state index is 12.2. The van der Waals surface area contributed by atoms with Crippen molar-refractivity contribution < 1.29 is 19.0 Å². The van der Waals surface area contributed by atoms with Crippen LogP contribution >= 0.6 is 0 Å². The van der Waals surface area contributed by atoms with E-state index in [-0.39, 0.29) is 12.3 Å². The van der Waals surface area contributed by atoms with E-state index >= 15 is 0 Å². The molecule has 2 rings (SSSR count). The Kier molecular flexibility index (Phi) is 6.49. The van der Waals surface area contributed by atoms with Crippen molar-refractivity contribution in [1.29, 1.82) is 0 Å². The van der Waals surface area contributed by atoms with Gasteiger partial charge in [0, 0.05) is 5.69 Å². The van der Waals surface area contributed by atoms with E-state index in [1.165, 1.54) is 0 Å². The molecule has 0 unspecified atom stereocenters. The first-order valence-corrected chi connectivity index (χ1v) is 7.90. The lowest BCUT2D eigenvalue weighted by Gasteiger charge is -2.10. The van der Waals surface area contributed by atoms with Crippen LogP contribution in [0.2, 0.25) is 0 Å². The summed E-state index contributed by atoms with van der Waals surface area (Å²) in [6.45, 7) is 2.74. The second-order valence-corrected chi connectivity index (χ2v) is 5.29. The molecule has 1 amide bonds. The van der Waals surface area contributed by atoms with E-state index in [1.54, 1.807) is 26.4 Å². The zero-order chi connectivity index (χ0) is 17.4. The van der Waals surface area contributed by atoms with Gasteiger partial charge in [-0.1, -0.05) is 13.0 Å². The van der Waals surface area contributed by atoms with Gasteiger partial charge in [-0.15, -0.1) is 0 Å². The van der Waals surface area contributed by atoms with E-state index < -0.39 is 0 Å². The van der Waals surface area contributed by atoms with E-state index in [0.29, 0.717) is 18.1 Å². The molecule has 24 heavy (non-hydrogen) atoms. The van der Waals surface area contributed by atoms with Crippen LogP contribution in [-0.2, 0) is 11.2 Å². The van der Waals surface area contributed by atoms with Gasteiger partial charge in [-0.3, -0.25) is 4.79 Å². The molecule has 0 aliphatic heterocycles. The maximum absolute atomic E-state index is 12.2. The Morgan fingerprint density at radius 3 is 2.33 bits per heavy atom. The Morgan fingerprint density at radius 2 is 1.71 bits per heavy atom. The van der Waals surface area contributed by atoms with Crippen LogP contribution in [0.25, 0.3) is 0 Å². The van der Waals surface area contributed by atoms with Crippen LogP contribution in [0.5, 0.6) is 17.2 Å². The lowest BCUT2D eigenvalue weighted by atomic mass is 10.1. The monoisotopic (exact) mass is 329 g/mol. The van der Waals surface area contributed by atoms with Crippen LogP contribution < -0.4 is 19.5 Å². The van der Waals surface area contributed by atoms with Crippen molar-refractivity contribution in [1.82, 2.24) is 0 Å². The van der Waals surface area contributed by atoms with Crippen molar-refractivity contribution in [3.63, 3.8) is 0 Å². The van der Waals surface area contributed by atoms with Gasteiger partial charge in [-0.2, -0.15) is 0 Å². The summed E-state index contributed by atoms with van der Waals surface area (Å²) in [6, 6.07) is 12.8. The molecule has 0 spiro atoms. The van der Waals surface area contributed by atoms with Crippen LogP contribution in [0.1, 0.15) is 18.9 Å². The molecule has 128 valence electrons. The Hall–Kier alpha value is -2.69. The number of anilines is 1. The van der Waals surface area contributed by atoms with Crippen molar-refractivity contribution in [2.45, 2.75) is 19.8 Å². The molecule has 0 saturated carbocycles. The normalized spacial score (nSPS) is 10.1. The number of carbonyl (C=O) groups is 1. The molecule has 0 fully saturated rings. The summed E-state index contributed by atoms with van der Waals surface area (Å²) in [5.41, 5.74) is 1.59. The van der Waals surface area contributed by atoms with Gasteiger partial charge in [0.25, 0.3) is 0 Å². The van der Waals surface area contributed by atoms with Crippen LogP contribution in [0.3, 0.4) is 0 Å². The minimum absolute atomic E-state index is 0.0931. The molecule has 0 aliphatic rings. The zero-order valence-corrected chi connectivity index (χ0v) is 14.3. The largest absolute Gasteiger partial charge is 0.494 e. The van der Waals surface area contributed by atoms with E-state index in [1.807, 2.05) is 30.3 Å². The molecule has 0 aromatic heterocycles. The van der Waals surface area contributed by atoms with Gasteiger partial charge < -0.3 is 19.5 Å². The Balaban J connectivity index is 1.95. The summed E-state index contributed by atoms with van der Waals surface area (Å²) in [6.07, 6.45) is 1.22. The Morgan fingerprint density at radius 1 is 1.00 bits per heavy atom. The molecule has 0 bridgehead atoms. The number of hydrogen-bond acceptors (Lipinski definition) is 4. The van der Waals surface area contributed by atoms with E-state index in [9.17, 15) is 4.79 Å². The minimum Gasteiger partial charge on any atom is -0.494 e. The standard InChI is InChI=1S/C19H23NO4/c1-4-11-24-16-8-6-15(7-9-16)20-19(21)13-14-5-10-17(22-2)18(12-14)23-3/h5-10,12H,4,11,13H2,1-3H3,(H,20,21). The smallest absolute Gasteiger partial charge is 0.228 e. The molecule has 1 N–H and O–H groups in total. The highest BCUT2D eigenvalue weighted by Crippen LogP contribution is 2.27. The maximum Gasteiger partial charge on any atom is 0.228 e. The fourth-order valence-corrected chi connectivity index (χ4v) is 2.24. The molecule has 5 heteroatoms. The van der Waals surface area contributed by atoms with E-state index in [0.717, 1.165) is 23.4 Å². The van der Waals surface area contributed by atoms with E-state index in [2.05, 4.69) is 12.2 Å². The lowest BCUT2D eigenvalue weighted by molar-refractivity contribution is -0.115. The van der Waals surface area contributed by atoms with Crippen molar-refractivity contribution >= 4 is 11.6 Å². The lowest BCUT2D eigenvalue weighted by Crippen LogP contribution is -2.14. The predicted octanol–water partition coefficient (Wildman–Crippen LogP) is 3.67. The summed E-state index contributed by atoms with van der Waals surface area (Å²) < 4.78 is 16.0. The van der Waals surface area contributed by atoms with Gasteiger partial charge in [0.1, 0.15) is 5.75 Å². The van der Waals surface area contributed by atoms with Gasteiger partial charge in [0.05, 0.1) is 27.2 Å². The van der Waals surface area contributed by atoms with Gasteiger partial charge in [-0.05, 0) is 48.4 Å². The summed E-state index contributed by atoms with van der Waals surface area (Å²) in [5.74, 6) is 1.96. The molecule has 2 aromatic carbocycles. The second kappa shape index (κ2) is 8.82. The van der Waals surface area contributed by atoms with Gasteiger partial charge in [-0.25, -0.2) is 0 Å². The first-order valence-electron chi connectivity index (χ1n) is 7.90. The number of benzene rings is 2. The first-order chi connectivity index (χ1) is 11.7. The number of methoxy groups -OCH3 is 2. The molecule has 5 nitrogen and oxygen atoms in total. The van der Waals surface area contributed by atoms with Crippen LogP contribution in [0, 0.1) is 0 Å². The second-order valence-electron chi connectivity index (χ2n) is 5.29. The van der Waals surface area contributed by atoms with Crippen LogP contribution in [0.4, 0.5) is 5.69 Å². The van der Waals surface area contributed by atoms with Gasteiger partial charge in [0.2, 0.25) is 5.91 Å². The summed E-state index contributed by atoms with van der Waals surface area (Å²) >= 11 is 0. The van der Waals surface area contributed by atoms with Gasteiger partial charge in [0.15, 0.2) is 11.5 Å². The van der Waals surface area contributed by atoms with Crippen molar-refractivity contribution in [3.8, 4) is 17.2 Å². The molecule has 0 atom stereocenters. The average molecular weight is 329 g/mol. The quantitative estimate of drug-likeness (QED) is 0.803. The third kappa shape index (κ3) is 4.91. The first kappa shape index (κ1) is 17.7. The highest BCUT2D eigenvalue weighted by Gasteiger charge is 2.09. The van der Waals surface area contributed by atoms with Crippen molar-refractivity contribution in [3.05, 3.63) is 48.0 Å². The highest BCUT2D eigenvalue weighted by atomic mass is 16.5. The molecule has 0 heterocycles. The topological polar surface area (TPSA) is 56.8 Å². The number of amides is 1. The van der Waals surface area contributed by atoms with Crippen molar-refractivity contribution in [2.24, 2.45) is 0 Å². The molecule has 2 aromatic rings. The number of rotatable bonds is 8. The predicted molar refractivity (Wildman–Crippen MR) is 94.1 cm³/mol. The molecule has 0 aliphatic carbocycles. The third-order valence-corrected chi connectivity index (χ3v) is 3.42. The van der Waals surface area contributed by atoms with E-state index in [4.69, 9.17) is 14.2 Å². The van der Waals surface area contributed by atoms with Crippen LogP contribution in [0.15, 0.2) is 42.5 Å². The summed E-state index contributed by atoms with van der Waals surface area (Å²) in [5, 5.41) is 2.87. The number of hydrogen-bond donors (Lipinski definition) is 1. The average Bonchev–Trinajstić information content (AvgIpc) is 2.61. The summed E-state index contributed by atoms with van der Waals surface area (Å²) in [7, 11) is 3.15. The molecular weight excluding hydrogens is 306 g/mol. The SMILES string of the molecule is CCCOc1ccc(NC(=O)Cc2ccc(OC)c(OC)c2)cc1. The number of carbonyl (C=O) groups excluding carboxylic acids is 1. The molecular formula is C19H23NO4. The molecule has 0 radical (unpaired) electrons. The minimum atomic E-state index is -0.0931. The fraction of sp³-hybridized carbons (Fsp3) is 0.316. The zero-order valence-electron chi connectivity index (χ0n) is 14.3. The van der Waals surface area contributed by atoms with Gasteiger partial charge >= 0.3 is 0 Å². The third-order valence-electron chi connectivity index (χ3n) is 3.42. The fourth-order valence-electron chi connectivity index (χ4n) is 2.24. The summed E-state index contributed by atoms with van der Waals surface area (Å²) in [4.78, 5) is 12.2. The van der Waals surface area contributed by atoms with Crippen LogP contribution in [-0.4, -0.2) is 26.7 Å². The Bertz CT molecular complexity index is 668. The highest BCUT2D eigenvalue weighted by molar-refractivity contribution is 5.92.